The summed E-state index contributed by atoms with van der Waals surface area (Å²) >= 11 is 0. The van der Waals surface area contributed by atoms with Crippen LogP contribution in [-0.4, -0.2) is 25.6 Å². The first-order valence-corrected chi connectivity index (χ1v) is 5.77. The van der Waals surface area contributed by atoms with Gasteiger partial charge in [0.1, 0.15) is 5.65 Å². The number of hydrogen-bond donors (Lipinski definition) is 3. The van der Waals surface area contributed by atoms with Gasteiger partial charge in [-0.2, -0.15) is 5.10 Å². The normalized spacial score (nSPS) is 10.5. The number of carbonyl (C=O) groups is 1. The molecule has 2 amide bonds. The van der Waals surface area contributed by atoms with Gasteiger partial charge in [0, 0.05) is 18.6 Å². The predicted octanol–water partition coefficient (Wildman–Crippen LogP) is 1.38. The van der Waals surface area contributed by atoms with Crippen molar-refractivity contribution >= 4 is 17.4 Å². The SMILES string of the molecule is O=C(NCc1cn2ccccc2n1)Nc1cn[nH]c1. The van der Waals surface area contributed by atoms with Gasteiger partial charge in [0.15, 0.2) is 0 Å². The molecule has 0 unspecified atom stereocenters. The molecule has 0 aliphatic rings. The molecule has 7 heteroatoms. The summed E-state index contributed by atoms with van der Waals surface area (Å²) in [4.78, 5) is 16.0. The van der Waals surface area contributed by atoms with Gasteiger partial charge in [0.25, 0.3) is 0 Å². The molecule has 0 aliphatic heterocycles. The fourth-order valence-electron chi connectivity index (χ4n) is 1.74. The molecule has 0 bridgehead atoms. The molecule has 0 atom stereocenters. The summed E-state index contributed by atoms with van der Waals surface area (Å²) in [6, 6.07) is 5.47. The van der Waals surface area contributed by atoms with Crippen LogP contribution < -0.4 is 10.6 Å². The smallest absolute Gasteiger partial charge is 0.319 e. The first-order chi connectivity index (χ1) is 9.31. The van der Waals surface area contributed by atoms with Gasteiger partial charge >= 0.3 is 6.03 Å². The maximum Gasteiger partial charge on any atom is 0.319 e. The van der Waals surface area contributed by atoms with E-state index < -0.39 is 0 Å². The number of nitrogens with one attached hydrogen (secondary N) is 3. The van der Waals surface area contributed by atoms with E-state index in [0.717, 1.165) is 11.3 Å². The highest BCUT2D eigenvalue weighted by Gasteiger charge is 2.04. The molecule has 3 heterocycles. The van der Waals surface area contributed by atoms with Crippen LogP contribution >= 0.6 is 0 Å². The van der Waals surface area contributed by atoms with E-state index >= 15 is 0 Å². The maximum atomic E-state index is 11.6. The summed E-state index contributed by atoms with van der Waals surface area (Å²) in [5.41, 5.74) is 2.27. The summed E-state index contributed by atoms with van der Waals surface area (Å²) in [7, 11) is 0. The topological polar surface area (TPSA) is 87.1 Å². The fourth-order valence-corrected chi connectivity index (χ4v) is 1.74. The van der Waals surface area contributed by atoms with Crippen molar-refractivity contribution < 1.29 is 4.79 Å². The molecular formula is C12H12N6O. The maximum absolute atomic E-state index is 11.6. The number of fused-ring (bicyclic) bond motifs is 1. The van der Waals surface area contributed by atoms with Crippen molar-refractivity contribution in [2.24, 2.45) is 0 Å². The number of hydrogen-bond acceptors (Lipinski definition) is 3. The summed E-state index contributed by atoms with van der Waals surface area (Å²) < 4.78 is 1.91. The number of aromatic amines is 1. The Kier molecular flexibility index (Phi) is 2.85. The minimum atomic E-state index is -0.293. The van der Waals surface area contributed by atoms with Gasteiger partial charge < -0.3 is 15.0 Å². The zero-order valence-corrected chi connectivity index (χ0v) is 10.00. The molecule has 3 rings (SSSR count). The number of aromatic nitrogens is 4. The minimum absolute atomic E-state index is 0.293. The number of H-pyrrole nitrogens is 1. The Bertz CT molecular complexity index is 654. The first kappa shape index (κ1) is 11.3. The number of amides is 2. The molecule has 0 fully saturated rings. The van der Waals surface area contributed by atoms with E-state index in [0.29, 0.717) is 12.2 Å². The molecule has 7 nitrogen and oxygen atoms in total. The van der Waals surface area contributed by atoms with Gasteiger partial charge in [-0.25, -0.2) is 9.78 Å². The van der Waals surface area contributed by atoms with Crippen molar-refractivity contribution in [3.05, 3.63) is 48.7 Å². The fraction of sp³-hybridized carbons (Fsp3) is 0.0833. The Hall–Kier alpha value is -2.83. The molecule has 3 aromatic rings. The van der Waals surface area contributed by atoms with Gasteiger partial charge in [0.2, 0.25) is 0 Å². The van der Waals surface area contributed by atoms with Gasteiger partial charge in [-0.05, 0) is 12.1 Å². The van der Waals surface area contributed by atoms with Crippen molar-refractivity contribution in [3.63, 3.8) is 0 Å². The monoisotopic (exact) mass is 256 g/mol. The van der Waals surface area contributed by atoms with E-state index in [1.807, 2.05) is 35.0 Å². The molecule has 0 radical (unpaired) electrons. The van der Waals surface area contributed by atoms with E-state index in [1.54, 1.807) is 6.20 Å². The average molecular weight is 256 g/mol. The molecule has 0 saturated carbocycles. The van der Waals surface area contributed by atoms with Crippen LogP contribution in [0.25, 0.3) is 5.65 Å². The van der Waals surface area contributed by atoms with Crippen molar-refractivity contribution in [3.8, 4) is 0 Å². The van der Waals surface area contributed by atoms with Crippen LogP contribution in [0.15, 0.2) is 43.0 Å². The number of urea groups is 1. The molecule has 96 valence electrons. The van der Waals surface area contributed by atoms with Crippen LogP contribution in [0.2, 0.25) is 0 Å². The highest BCUT2D eigenvalue weighted by atomic mass is 16.2. The summed E-state index contributed by atoms with van der Waals surface area (Å²) in [6.07, 6.45) is 6.93. The van der Waals surface area contributed by atoms with E-state index in [4.69, 9.17) is 0 Å². The zero-order valence-electron chi connectivity index (χ0n) is 10.00. The third-order valence-electron chi connectivity index (χ3n) is 2.60. The predicted molar refractivity (Wildman–Crippen MR) is 69.6 cm³/mol. The standard InChI is InChI=1S/C12H12N6O/c19-12(17-9-6-14-15-7-9)13-5-10-8-18-4-2-1-3-11(18)16-10/h1-4,6-8H,5H2,(H,14,15)(H2,13,17,19). The molecule has 3 aromatic heterocycles. The second kappa shape index (κ2) is 4.81. The van der Waals surface area contributed by atoms with Crippen molar-refractivity contribution in [2.75, 3.05) is 5.32 Å². The van der Waals surface area contributed by atoms with Crippen LogP contribution in [0.4, 0.5) is 10.5 Å². The molecule has 3 N–H and O–H groups in total. The van der Waals surface area contributed by atoms with Crippen LogP contribution in [0.3, 0.4) is 0 Å². The van der Waals surface area contributed by atoms with Gasteiger partial charge in [-0.1, -0.05) is 6.07 Å². The minimum Gasteiger partial charge on any atom is -0.332 e. The summed E-state index contributed by atoms with van der Waals surface area (Å²) in [5.74, 6) is 0. The Balaban J connectivity index is 1.61. The Morgan fingerprint density at radius 1 is 1.42 bits per heavy atom. The average Bonchev–Trinajstić information content (AvgIpc) is 3.04. The molecule has 0 aromatic carbocycles. The second-order valence-electron chi connectivity index (χ2n) is 3.99. The second-order valence-corrected chi connectivity index (χ2v) is 3.99. The lowest BCUT2D eigenvalue weighted by Gasteiger charge is -2.03. The van der Waals surface area contributed by atoms with Gasteiger partial charge in [0.05, 0.1) is 24.1 Å². The largest absolute Gasteiger partial charge is 0.332 e. The van der Waals surface area contributed by atoms with Crippen molar-refractivity contribution in [1.29, 1.82) is 0 Å². The van der Waals surface area contributed by atoms with Crippen molar-refractivity contribution in [1.82, 2.24) is 24.9 Å². The molecule has 0 aliphatic carbocycles. The third-order valence-corrected chi connectivity index (χ3v) is 2.60. The van der Waals surface area contributed by atoms with Crippen molar-refractivity contribution in [2.45, 2.75) is 6.54 Å². The lowest BCUT2D eigenvalue weighted by atomic mass is 10.5. The number of carbonyl (C=O) groups excluding carboxylic acids is 1. The number of rotatable bonds is 3. The van der Waals surface area contributed by atoms with E-state index in [2.05, 4.69) is 25.8 Å². The quantitative estimate of drug-likeness (QED) is 0.661. The van der Waals surface area contributed by atoms with Crippen LogP contribution in [-0.2, 0) is 6.54 Å². The number of nitrogens with zero attached hydrogens (tertiary/aromatic N) is 3. The molecule has 0 spiro atoms. The van der Waals surface area contributed by atoms with Gasteiger partial charge in [-0.3, -0.25) is 5.10 Å². The van der Waals surface area contributed by atoms with E-state index in [-0.39, 0.29) is 6.03 Å². The van der Waals surface area contributed by atoms with Crippen LogP contribution in [0.5, 0.6) is 0 Å². The van der Waals surface area contributed by atoms with Gasteiger partial charge in [-0.15, -0.1) is 0 Å². The summed E-state index contributed by atoms with van der Waals surface area (Å²) in [6.45, 7) is 0.366. The Labute approximate surface area is 108 Å². The number of imidazole rings is 1. The number of anilines is 1. The van der Waals surface area contributed by atoms with E-state index in [9.17, 15) is 4.79 Å². The highest BCUT2D eigenvalue weighted by molar-refractivity contribution is 5.88. The summed E-state index contributed by atoms with van der Waals surface area (Å²) in [5, 5.41) is 11.7. The highest BCUT2D eigenvalue weighted by Crippen LogP contribution is 2.04. The molecular weight excluding hydrogens is 244 g/mol. The zero-order chi connectivity index (χ0) is 13.1. The lowest BCUT2D eigenvalue weighted by molar-refractivity contribution is 0.251. The molecule has 0 saturated heterocycles. The molecule has 19 heavy (non-hydrogen) atoms. The first-order valence-electron chi connectivity index (χ1n) is 5.77. The van der Waals surface area contributed by atoms with Crippen LogP contribution in [0.1, 0.15) is 5.69 Å². The Morgan fingerprint density at radius 3 is 3.16 bits per heavy atom. The Morgan fingerprint density at radius 2 is 2.37 bits per heavy atom. The number of pyridine rings is 1. The van der Waals surface area contributed by atoms with E-state index in [1.165, 1.54) is 6.20 Å². The van der Waals surface area contributed by atoms with Crippen LogP contribution in [0, 0.1) is 0 Å². The lowest BCUT2D eigenvalue weighted by Crippen LogP contribution is -2.28. The third kappa shape index (κ3) is 2.54.